The van der Waals surface area contributed by atoms with E-state index in [9.17, 15) is 19.5 Å². The maximum atomic E-state index is 14.9. The molecule has 8 nitrogen and oxygen atoms in total. The molecule has 3 amide bonds. The van der Waals surface area contributed by atoms with Gasteiger partial charge in [-0.15, -0.1) is 13.2 Å². The summed E-state index contributed by atoms with van der Waals surface area (Å²) in [7, 11) is 0. The van der Waals surface area contributed by atoms with Crippen LogP contribution in [0.3, 0.4) is 0 Å². The van der Waals surface area contributed by atoms with Crippen molar-refractivity contribution >= 4 is 34.2 Å². The molecule has 5 atom stereocenters. The van der Waals surface area contributed by atoms with Crippen molar-refractivity contribution in [3.63, 3.8) is 0 Å². The van der Waals surface area contributed by atoms with Gasteiger partial charge in [0.25, 0.3) is 5.91 Å². The van der Waals surface area contributed by atoms with E-state index in [1.807, 2.05) is 79.7 Å². The summed E-state index contributed by atoms with van der Waals surface area (Å²) in [5.74, 6) is -2.18. The van der Waals surface area contributed by atoms with Gasteiger partial charge in [0.05, 0.1) is 17.4 Å². The molecule has 1 spiro atoms. The number of ether oxygens (including phenoxy) is 1. The Morgan fingerprint density at radius 1 is 0.957 bits per heavy atom. The van der Waals surface area contributed by atoms with Crippen LogP contribution in [0.4, 0.5) is 5.69 Å². The minimum Gasteiger partial charge on any atom is -0.396 e. The van der Waals surface area contributed by atoms with E-state index in [1.165, 1.54) is 0 Å². The van der Waals surface area contributed by atoms with Crippen molar-refractivity contribution in [3.8, 4) is 0 Å². The van der Waals surface area contributed by atoms with Crippen LogP contribution in [0.1, 0.15) is 38.2 Å². The van der Waals surface area contributed by atoms with Crippen LogP contribution in [0.2, 0.25) is 0 Å². The molecule has 3 aromatic rings. The van der Waals surface area contributed by atoms with Gasteiger partial charge in [-0.25, -0.2) is 0 Å². The zero-order chi connectivity index (χ0) is 32.5. The van der Waals surface area contributed by atoms with Crippen molar-refractivity contribution < 1.29 is 24.2 Å². The van der Waals surface area contributed by atoms with Crippen LogP contribution in [0.5, 0.6) is 0 Å². The van der Waals surface area contributed by atoms with E-state index in [0.717, 1.165) is 16.3 Å². The summed E-state index contributed by atoms with van der Waals surface area (Å²) in [5, 5.41) is 11.6. The van der Waals surface area contributed by atoms with Crippen LogP contribution in [-0.4, -0.2) is 76.1 Å². The molecule has 46 heavy (non-hydrogen) atoms. The zero-order valence-corrected chi connectivity index (χ0v) is 26.5. The molecule has 3 aliphatic rings. The number of hydrogen-bond acceptors (Lipinski definition) is 5. The lowest BCUT2D eigenvalue weighted by atomic mass is 9.66. The lowest BCUT2D eigenvalue weighted by molar-refractivity contribution is -0.150. The number of benzene rings is 3. The molecule has 3 saturated heterocycles. The molecule has 240 valence electrons. The third-order valence-corrected chi connectivity index (χ3v) is 10.1. The Morgan fingerprint density at radius 2 is 1.67 bits per heavy atom. The second-order valence-corrected chi connectivity index (χ2v) is 13.0. The lowest BCUT2D eigenvalue weighted by Gasteiger charge is -2.37. The number of aliphatic hydroxyl groups excluding tert-OH is 1. The van der Waals surface area contributed by atoms with E-state index in [-0.39, 0.29) is 37.4 Å². The number of rotatable bonds is 13. The number of carbonyl (C=O) groups is 3. The normalized spacial score (nSPS) is 26.3. The topological polar surface area (TPSA) is 90.4 Å². The second kappa shape index (κ2) is 12.9. The van der Waals surface area contributed by atoms with Crippen LogP contribution in [-0.2, 0) is 25.7 Å². The Balaban J connectivity index is 1.39. The molecule has 3 fully saturated rings. The second-order valence-electron chi connectivity index (χ2n) is 13.0. The summed E-state index contributed by atoms with van der Waals surface area (Å²) in [6.07, 6.45) is 5.47. The predicted molar refractivity (Wildman–Crippen MR) is 179 cm³/mol. The van der Waals surface area contributed by atoms with Gasteiger partial charge in [-0.3, -0.25) is 14.4 Å². The molecule has 3 aliphatic heterocycles. The van der Waals surface area contributed by atoms with Crippen molar-refractivity contribution in [2.45, 2.75) is 56.4 Å². The average molecular weight is 622 g/mol. The molecule has 1 N–H and O–H groups in total. The van der Waals surface area contributed by atoms with Crippen molar-refractivity contribution in [3.05, 3.63) is 104 Å². The fraction of sp³-hybridized carbons (Fsp3) is 0.395. The Labute approximate surface area is 270 Å². The van der Waals surface area contributed by atoms with Crippen LogP contribution in [0, 0.1) is 11.8 Å². The third-order valence-electron chi connectivity index (χ3n) is 10.1. The number of anilines is 1. The van der Waals surface area contributed by atoms with Gasteiger partial charge in [-0.05, 0) is 61.1 Å². The lowest BCUT2D eigenvalue weighted by Crippen LogP contribution is -2.56. The van der Waals surface area contributed by atoms with Crippen LogP contribution in [0.15, 0.2) is 98.1 Å². The zero-order valence-electron chi connectivity index (χ0n) is 26.5. The first-order valence-corrected chi connectivity index (χ1v) is 16.2. The monoisotopic (exact) mass is 621 g/mol. The third kappa shape index (κ3) is 5.33. The van der Waals surface area contributed by atoms with E-state index in [2.05, 4.69) is 13.2 Å². The molecule has 0 radical (unpaired) electrons. The molecule has 2 unspecified atom stereocenters. The maximum Gasteiger partial charge on any atom is 0.253 e. The summed E-state index contributed by atoms with van der Waals surface area (Å²) in [5.41, 5.74) is -0.355. The van der Waals surface area contributed by atoms with Gasteiger partial charge in [-0.2, -0.15) is 0 Å². The molecule has 8 heteroatoms. The SMILES string of the molecule is C=CCN(Cc1ccccc1)C(=O)[C@H]1[C@H]2C(=O)N(CCCCO)C(C(=O)N(CC=C)c3ccc4ccccc4c3)C23CC[C@]1(C)O3. The molecule has 6 rings (SSSR count). The average Bonchev–Trinajstić information content (AvgIpc) is 3.63. The minimum absolute atomic E-state index is 0.0133. The largest absolute Gasteiger partial charge is 0.396 e. The summed E-state index contributed by atoms with van der Waals surface area (Å²) in [4.78, 5) is 49.1. The van der Waals surface area contributed by atoms with Gasteiger partial charge in [0, 0.05) is 38.5 Å². The highest BCUT2D eigenvalue weighted by Gasteiger charge is 2.78. The molecule has 3 aromatic carbocycles. The van der Waals surface area contributed by atoms with Gasteiger partial charge < -0.3 is 24.5 Å². The highest BCUT2D eigenvalue weighted by atomic mass is 16.5. The quantitative estimate of drug-likeness (QED) is 0.212. The maximum absolute atomic E-state index is 14.9. The summed E-state index contributed by atoms with van der Waals surface area (Å²) >= 11 is 0. The van der Waals surface area contributed by atoms with E-state index in [0.29, 0.717) is 44.5 Å². The first-order chi connectivity index (χ1) is 22.3. The number of nitrogens with zero attached hydrogens (tertiary/aromatic N) is 3. The molecular weight excluding hydrogens is 578 g/mol. The highest BCUT2D eigenvalue weighted by molar-refractivity contribution is 6.06. The van der Waals surface area contributed by atoms with E-state index < -0.39 is 29.1 Å². The molecular formula is C38H43N3O5. The predicted octanol–water partition coefficient (Wildman–Crippen LogP) is 5.11. The first-order valence-electron chi connectivity index (χ1n) is 16.2. The Morgan fingerprint density at radius 3 is 2.39 bits per heavy atom. The van der Waals surface area contributed by atoms with Crippen LogP contribution >= 0.6 is 0 Å². The van der Waals surface area contributed by atoms with Crippen LogP contribution < -0.4 is 4.90 Å². The smallest absolute Gasteiger partial charge is 0.253 e. The van der Waals surface area contributed by atoms with Gasteiger partial charge in [0.15, 0.2) is 0 Å². The van der Waals surface area contributed by atoms with Gasteiger partial charge in [-0.1, -0.05) is 72.8 Å². The number of amides is 3. The first kappa shape index (κ1) is 31.7. The number of fused-ring (bicyclic) bond motifs is 2. The van der Waals surface area contributed by atoms with Crippen molar-refractivity contribution in [2.75, 3.05) is 31.1 Å². The van der Waals surface area contributed by atoms with Crippen molar-refractivity contribution in [1.29, 1.82) is 0 Å². The summed E-state index contributed by atoms with van der Waals surface area (Å²) in [6.45, 7) is 11.0. The number of likely N-dealkylation sites (tertiary alicyclic amines) is 1. The van der Waals surface area contributed by atoms with E-state index >= 15 is 0 Å². The summed E-state index contributed by atoms with van der Waals surface area (Å²) in [6, 6.07) is 22.7. The van der Waals surface area contributed by atoms with Gasteiger partial charge in [0.1, 0.15) is 11.6 Å². The number of unbranched alkanes of at least 4 members (excludes halogenated alkanes) is 1. The van der Waals surface area contributed by atoms with Crippen molar-refractivity contribution in [1.82, 2.24) is 9.80 Å². The molecule has 0 aliphatic carbocycles. The Kier molecular flexibility index (Phi) is 8.86. The summed E-state index contributed by atoms with van der Waals surface area (Å²) < 4.78 is 6.90. The number of aliphatic hydroxyl groups is 1. The molecule has 2 bridgehead atoms. The number of carbonyl (C=O) groups excluding carboxylic acids is 3. The van der Waals surface area contributed by atoms with Crippen LogP contribution in [0.25, 0.3) is 10.8 Å². The van der Waals surface area contributed by atoms with Crippen molar-refractivity contribution in [2.24, 2.45) is 11.8 Å². The highest BCUT2D eigenvalue weighted by Crippen LogP contribution is 2.63. The fourth-order valence-corrected chi connectivity index (χ4v) is 8.05. The van der Waals surface area contributed by atoms with Gasteiger partial charge >= 0.3 is 0 Å². The Hall–Kier alpha value is -4.27. The minimum atomic E-state index is -1.15. The Bertz CT molecular complexity index is 1640. The molecule has 0 aromatic heterocycles. The van der Waals surface area contributed by atoms with Gasteiger partial charge in [0.2, 0.25) is 11.8 Å². The van der Waals surface area contributed by atoms with E-state index in [4.69, 9.17) is 4.74 Å². The van der Waals surface area contributed by atoms with E-state index in [1.54, 1.807) is 26.9 Å². The molecule has 3 heterocycles. The molecule has 0 saturated carbocycles. The number of hydrogen-bond donors (Lipinski definition) is 1. The standard InChI is InChI=1S/C38H43N3O5/c1-4-21-39(26-27-13-7-6-8-14-27)34(43)31-32-35(44)41(23-11-12-24-42)33(38(32)20-19-37(31,3)46-38)36(45)40(22-5-2)30-18-17-28-15-9-10-16-29(28)25-30/h4-10,13-18,25,31-33,42H,1-2,11-12,19-24,26H2,3H3/t31-,32+,33?,37+,38?/m1/s1. The fourth-order valence-electron chi connectivity index (χ4n) is 8.05.